The van der Waals surface area contributed by atoms with E-state index in [9.17, 15) is 14.4 Å². The molecule has 1 N–H and O–H groups in total. The lowest BCUT2D eigenvalue weighted by Crippen LogP contribution is -2.55. The fourth-order valence-corrected chi connectivity index (χ4v) is 5.57. The number of hydrogen-bond donors (Lipinski definition) is 1. The second kappa shape index (κ2) is 8.83. The van der Waals surface area contributed by atoms with Crippen molar-refractivity contribution in [1.82, 2.24) is 20.0 Å². The zero-order valence-corrected chi connectivity index (χ0v) is 18.5. The largest absolute Gasteiger partial charge is 0.368 e. The molecule has 8 nitrogen and oxygen atoms in total. The molecule has 0 aliphatic carbocycles. The number of carbonyl (C=O) groups is 3. The van der Waals surface area contributed by atoms with Gasteiger partial charge >= 0.3 is 6.03 Å². The minimum absolute atomic E-state index is 0.0559. The quantitative estimate of drug-likeness (QED) is 0.722. The normalized spacial score (nSPS) is 26.7. The first-order valence-corrected chi connectivity index (χ1v) is 11.9. The number of piperidine rings is 2. The van der Waals surface area contributed by atoms with E-state index in [1.54, 1.807) is 0 Å². The number of benzene rings is 1. The van der Waals surface area contributed by atoms with E-state index in [0.717, 1.165) is 32.5 Å². The molecule has 1 spiro atoms. The van der Waals surface area contributed by atoms with Crippen LogP contribution < -0.4 is 5.32 Å². The second-order valence-electron chi connectivity index (χ2n) is 9.51. The van der Waals surface area contributed by atoms with Gasteiger partial charge in [0, 0.05) is 45.4 Å². The van der Waals surface area contributed by atoms with E-state index in [4.69, 9.17) is 4.74 Å². The van der Waals surface area contributed by atoms with Crippen LogP contribution in [0.3, 0.4) is 0 Å². The van der Waals surface area contributed by atoms with Gasteiger partial charge in [0.15, 0.2) is 0 Å². The lowest BCUT2D eigenvalue weighted by atomic mass is 9.86. The minimum atomic E-state index is -0.769. The van der Waals surface area contributed by atoms with Gasteiger partial charge in [0.2, 0.25) is 0 Å². The molecule has 4 heterocycles. The van der Waals surface area contributed by atoms with Crippen molar-refractivity contribution in [2.24, 2.45) is 0 Å². The molecular weight excluding hydrogens is 408 g/mol. The van der Waals surface area contributed by atoms with Crippen molar-refractivity contribution < 1.29 is 19.1 Å². The van der Waals surface area contributed by atoms with Crippen molar-refractivity contribution in [3.8, 4) is 0 Å². The molecule has 0 radical (unpaired) electrons. The first-order chi connectivity index (χ1) is 15.6. The predicted molar refractivity (Wildman–Crippen MR) is 118 cm³/mol. The highest BCUT2D eigenvalue weighted by Crippen LogP contribution is 2.33. The third-order valence-corrected chi connectivity index (χ3v) is 7.50. The maximum absolute atomic E-state index is 13.4. The summed E-state index contributed by atoms with van der Waals surface area (Å²) in [6, 6.07) is 9.92. The Hall–Kier alpha value is -2.45. The van der Waals surface area contributed by atoms with Crippen LogP contribution in [-0.2, 0) is 20.9 Å². The summed E-state index contributed by atoms with van der Waals surface area (Å²) in [5.41, 5.74) is 0.491. The van der Waals surface area contributed by atoms with Crippen LogP contribution in [-0.4, -0.2) is 83.0 Å². The third kappa shape index (κ3) is 4.01. The number of ether oxygens (including phenoxy) is 1. The fourth-order valence-electron chi connectivity index (χ4n) is 5.57. The maximum Gasteiger partial charge on any atom is 0.325 e. The number of urea groups is 1. The number of amides is 4. The molecule has 8 heteroatoms. The van der Waals surface area contributed by atoms with E-state index in [1.807, 2.05) is 23.1 Å². The summed E-state index contributed by atoms with van der Waals surface area (Å²) in [6.07, 6.45) is 3.94. The lowest BCUT2D eigenvalue weighted by Gasteiger charge is -2.39. The average molecular weight is 441 g/mol. The zero-order chi connectivity index (χ0) is 22.1. The topological polar surface area (TPSA) is 82.2 Å². The first kappa shape index (κ1) is 21.4. The van der Waals surface area contributed by atoms with Gasteiger partial charge in [-0.3, -0.25) is 19.4 Å². The molecule has 0 aromatic heterocycles. The number of imide groups is 1. The molecule has 1 unspecified atom stereocenters. The number of rotatable bonds is 4. The van der Waals surface area contributed by atoms with Crippen molar-refractivity contribution in [1.29, 1.82) is 0 Å². The Morgan fingerprint density at radius 2 is 1.75 bits per heavy atom. The summed E-state index contributed by atoms with van der Waals surface area (Å²) in [7, 11) is 0. The molecular formula is C24H32N4O4. The smallest absolute Gasteiger partial charge is 0.325 e. The Labute approximate surface area is 188 Å². The summed E-state index contributed by atoms with van der Waals surface area (Å²) >= 11 is 0. The van der Waals surface area contributed by atoms with Gasteiger partial charge in [0.05, 0.1) is 0 Å². The highest BCUT2D eigenvalue weighted by Gasteiger charge is 2.54. The van der Waals surface area contributed by atoms with Crippen LogP contribution >= 0.6 is 0 Å². The van der Waals surface area contributed by atoms with Crippen LogP contribution in [0.1, 0.15) is 44.1 Å². The van der Waals surface area contributed by atoms with Crippen LogP contribution in [0.15, 0.2) is 30.3 Å². The van der Waals surface area contributed by atoms with Gasteiger partial charge in [0.1, 0.15) is 11.6 Å². The van der Waals surface area contributed by atoms with Gasteiger partial charge in [-0.1, -0.05) is 30.3 Å². The van der Waals surface area contributed by atoms with Gasteiger partial charge in [-0.25, -0.2) is 4.79 Å². The van der Waals surface area contributed by atoms with E-state index in [2.05, 4.69) is 22.3 Å². The lowest BCUT2D eigenvalue weighted by molar-refractivity contribution is -0.143. The minimum Gasteiger partial charge on any atom is -0.368 e. The van der Waals surface area contributed by atoms with Crippen molar-refractivity contribution in [2.45, 2.75) is 62.8 Å². The van der Waals surface area contributed by atoms with Crippen molar-refractivity contribution in [3.63, 3.8) is 0 Å². The van der Waals surface area contributed by atoms with Crippen molar-refractivity contribution in [3.05, 3.63) is 35.9 Å². The Bertz CT molecular complexity index is 854. The molecule has 0 saturated carbocycles. The molecule has 4 aliphatic rings. The Balaban J connectivity index is 1.16. The highest BCUT2D eigenvalue weighted by molar-refractivity contribution is 6.07. The van der Waals surface area contributed by atoms with Crippen molar-refractivity contribution in [2.75, 3.05) is 32.8 Å². The SMILES string of the molecule is O=C(C1CCCO1)N1CCC(N2C(=O)NC3(CCN(Cc4ccccc4)CC3)C2=O)CC1. The Morgan fingerprint density at radius 1 is 1.03 bits per heavy atom. The molecule has 4 aliphatic heterocycles. The molecule has 1 aromatic carbocycles. The molecule has 4 amide bonds. The second-order valence-corrected chi connectivity index (χ2v) is 9.51. The molecule has 172 valence electrons. The third-order valence-electron chi connectivity index (χ3n) is 7.50. The van der Waals surface area contributed by atoms with Gasteiger partial charge in [-0.15, -0.1) is 0 Å². The maximum atomic E-state index is 13.4. The molecule has 32 heavy (non-hydrogen) atoms. The average Bonchev–Trinajstić information content (AvgIpc) is 3.43. The zero-order valence-electron chi connectivity index (χ0n) is 18.5. The predicted octanol–water partition coefficient (Wildman–Crippen LogP) is 1.74. The molecule has 1 atom stereocenters. The number of likely N-dealkylation sites (tertiary alicyclic amines) is 2. The summed E-state index contributed by atoms with van der Waals surface area (Å²) < 4.78 is 5.53. The molecule has 4 fully saturated rings. The standard InChI is InChI=1S/C24H32N4O4/c29-21(20-7-4-16-32-20)27-12-8-19(9-13-27)28-22(30)24(25-23(28)31)10-14-26(15-11-24)17-18-5-2-1-3-6-18/h1-3,5-6,19-20H,4,7-17H2,(H,25,31). The molecule has 5 rings (SSSR count). The highest BCUT2D eigenvalue weighted by atomic mass is 16.5. The molecule has 4 saturated heterocycles. The van der Waals surface area contributed by atoms with E-state index in [1.165, 1.54) is 10.5 Å². The number of nitrogens with zero attached hydrogens (tertiary/aromatic N) is 3. The van der Waals surface area contributed by atoms with Crippen LogP contribution in [0, 0.1) is 0 Å². The summed E-state index contributed by atoms with van der Waals surface area (Å²) in [5.74, 6) is -0.0221. The fraction of sp³-hybridized carbons (Fsp3) is 0.625. The summed E-state index contributed by atoms with van der Waals surface area (Å²) in [6.45, 7) is 4.21. The number of carbonyl (C=O) groups excluding carboxylic acids is 3. The summed E-state index contributed by atoms with van der Waals surface area (Å²) in [4.78, 5) is 44.5. The summed E-state index contributed by atoms with van der Waals surface area (Å²) in [5, 5.41) is 3.04. The van der Waals surface area contributed by atoms with Crippen LogP contribution in [0.5, 0.6) is 0 Å². The molecule has 0 bridgehead atoms. The van der Waals surface area contributed by atoms with Gasteiger partial charge in [0.25, 0.3) is 11.8 Å². The van der Waals surface area contributed by atoms with Gasteiger partial charge < -0.3 is 15.0 Å². The molecule has 1 aromatic rings. The van der Waals surface area contributed by atoms with E-state index < -0.39 is 5.54 Å². The Kier molecular flexibility index (Phi) is 5.90. The van der Waals surface area contributed by atoms with Crippen LogP contribution in [0.4, 0.5) is 4.79 Å². The Morgan fingerprint density at radius 3 is 2.41 bits per heavy atom. The van der Waals surface area contributed by atoms with E-state index in [-0.39, 0.29) is 30.0 Å². The van der Waals surface area contributed by atoms with Crippen LogP contribution in [0.2, 0.25) is 0 Å². The number of nitrogens with one attached hydrogen (secondary N) is 1. The van der Waals surface area contributed by atoms with Crippen LogP contribution in [0.25, 0.3) is 0 Å². The number of hydrogen-bond acceptors (Lipinski definition) is 5. The van der Waals surface area contributed by atoms with Gasteiger partial charge in [-0.05, 0) is 44.1 Å². The first-order valence-electron chi connectivity index (χ1n) is 11.9. The van der Waals surface area contributed by atoms with Gasteiger partial charge in [-0.2, -0.15) is 0 Å². The van der Waals surface area contributed by atoms with E-state index >= 15 is 0 Å². The van der Waals surface area contributed by atoms with Crippen molar-refractivity contribution >= 4 is 17.8 Å². The monoisotopic (exact) mass is 440 g/mol. The van der Waals surface area contributed by atoms with E-state index in [0.29, 0.717) is 45.4 Å².